The van der Waals surface area contributed by atoms with E-state index in [0.717, 1.165) is 25.7 Å². The predicted octanol–water partition coefficient (Wildman–Crippen LogP) is 2.92. The van der Waals surface area contributed by atoms with E-state index in [9.17, 15) is 15.2 Å². The number of carbonyl (C=O) groups is 1. The van der Waals surface area contributed by atoms with Crippen LogP contribution in [0.25, 0.3) is 5.76 Å². The van der Waals surface area contributed by atoms with Crippen molar-refractivity contribution in [1.82, 2.24) is 15.1 Å². The van der Waals surface area contributed by atoms with Gasteiger partial charge in [0.05, 0.1) is 30.3 Å². The Morgan fingerprint density at radius 3 is 2.59 bits per heavy atom. The van der Waals surface area contributed by atoms with Gasteiger partial charge in [0.25, 0.3) is 5.91 Å². The smallest absolute Gasteiger partial charge is 0.272 e. The van der Waals surface area contributed by atoms with Gasteiger partial charge in [0, 0.05) is 0 Å². The number of hydrogen-bond acceptors (Lipinski definition) is 8. The van der Waals surface area contributed by atoms with Crippen LogP contribution in [0.1, 0.15) is 43.4 Å². The third-order valence-electron chi connectivity index (χ3n) is 4.29. The molecule has 0 bridgehead atoms. The zero-order valence-electron chi connectivity index (χ0n) is 14.8. The molecule has 3 rings (SSSR count). The van der Waals surface area contributed by atoms with Crippen LogP contribution in [0.15, 0.2) is 28.7 Å². The van der Waals surface area contributed by atoms with Crippen LogP contribution in [-0.2, 0) is 4.79 Å². The summed E-state index contributed by atoms with van der Waals surface area (Å²) >= 11 is 0. The second kappa shape index (κ2) is 8.31. The maximum absolute atomic E-state index is 12.3. The molecule has 1 saturated carbocycles. The maximum atomic E-state index is 12.3. The molecule has 2 heterocycles. The first-order valence-electron chi connectivity index (χ1n) is 8.63. The van der Waals surface area contributed by atoms with Crippen LogP contribution in [0.5, 0.6) is 5.75 Å². The van der Waals surface area contributed by atoms with E-state index in [2.05, 4.69) is 20.4 Å². The summed E-state index contributed by atoms with van der Waals surface area (Å²) < 4.78 is 10.7. The Balaban J connectivity index is 1.68. The Morgan fingerprint density at radius 2 is 2.00 bits per heavy atom. The number of nitrogens with one attached hydrogen (secondary N) is 1. The van der Waals surface area contributed by atoms with E-state index in [-0.39, 0.29) is 23.4 Å². The summed E-state index contributed by atoms with van der Waals surface area (Å²) in [4.78, 5) is 20.3. The molecule has 0 aromatic carbocycles. The van der Waals surface area contributed by atoms with E-state index in [1.165, 1.54) is 25.0 Å². The van der Waals surface area contributed by atoms with Crippen molar-refractivity contribution in [2.45, 2.75) is 45.1 Å². The van der Waals surface area contributed by atoms with Gasteiger partial charge >= 0.3 is 0 Å². The normalized spacial score (nSPS) is 15.6. The van der Waals surface area contributed by atoms with Crippen molar-refractivity contribution in [3.8, 4) is 11.8 Å². The summed E-state index contributed by atoms with van der Waals surface area (Å²) in [7, 11) is 0. The van der Waals surface area contributed by atoms with Gasteiger partial charge in [-0.15, -0.1) is 0 Å². The molecule has 1 aliphatic rings. The fourth-order valence-corrected chi connectivity index (χ4v) is 2.85. The van der Waals surface area contributed by atoms with Crippen LogP contribution in [0.2, 0.25) is 0 Å². The van der Waals surface area contributed by atoms with Crippen molar-refractivity contribution in [2.24, 2.45) is 0 Å². The van der Waals surface area contributed by atoms with E-state index in [1.54, 1.807) is 13.0 Å². The highest BCUT2D eigenvalue weighted by atomic mass is 16.5. The number of anilines is 1. The van der Waals surface area contributed by atoms with Gasteiger partial charge in [0.15, 0.2) is 17.1 Å². The molecule has 2 aromatic heterocycles. The van der Waals surface area contributed by atoms with Gasteiger partial charge in [0.2, 0.25) is 5.95 Å². The lowest BCUT2D eigenvalue weighted by atomic mass is 9.98. The molecular weight excluding hydrogens is 350 g/mol. The van der Waals surface area contributed by atoms with Crippen LogP contribution >= 0.6 is 0 Å². The minimum absolute atomic E-state index is 0.00131. The topological polar surface area (TPSA) is 134 Å². The van der Waals surface area contributed by atoms with Gasteiger partial charge in [-0.2, -0.15) is 5.26 Å². The largest absolute Gasteiger partial charge is 0.506 e. The van der Waals surface area contributed by atoms with Crippen LogP contribution < -0.4 is 10.1 Å². The minimum atomic E-state index is -0.837. The average molecular weight is 369 g/mol. The Labute approximate surface area is 155 Å². The second-order valence-corrected chi connectivity index (χ2v) is 6.21. The SMILES string of the molecule is Cc1oncc1/C(O)=C(\C#N)C(=O)Nc1ncc(OC2CCCCC2)cn1. The first kappa shape index (κ1) is 18.4. The molecule has 0 radical (unpaired) electrons. The zero-order chi connectivity index (χ0) is 19.2. The molecule has 0 aliphatic heterocycles. The Bertz CT molecular complexity index is 876. The van der Waals surface area contributed by atoms with Gasteiger partial charge in [-0.1, -0.05) is 11.6 Å². The lowest BCUT2D eigenvalue weighted by molar-refractivity contribution is -0.112. The number of hydrogen-bond donors (Lipinski definition) is 2. The number of aryl methyl sites for hydroxylation is 1. The van der Waals surface area contributed by atoms with Crippen LogP contribution in [0.4, 0.5) is 5.95 Å². The lowest BCUT2D eigenvalue weighted by Gasteiger charge is -2.22. The molecular formula is C18H19N5O4. The molecule has 27 heavy (non-hydrogen) atoms. The summed E-state index contributed by atoms with van der Waals surface area (Å²) in [6, 6.07) is 1.67. The minimum Gasteiger partial charge on any atom is -0.506 e. The molecule has 2 N–H and O–H groups in total. The number of ether oxygens (including phenoxy) is 1. The summed E-state index contributed by atoms with van der Waals surface area (Å²) in [6.07, 6.45) is 9.89. The van der Waals surface area contributed by atoms with Crippen LogP contribution in [0, 0.1) is 18.3 Å². The second-order valence-electron chi connectivity index (χ2n) is 6.21. The molecule has 0 atom stereocenters. The van der Waals surface area contributed by atoms with Gasteiger partial charge in [-0.3, -0.25) is 10.1 Å². The number of aliphatic hydroxyl groups is 1. The fourth-order valence-electron chi connectivity index (χ4n) is 2.85. The van der Waals surface area contributed by atoms with E-state index in [4.69, 9.17) is 9.26 Å². The van der Waals surface area contributed by atoms with Crippen molar-refractivity contribution < 1.29 is 19.2 Å². The van der Waals surface area contributed by atoms with Crippen LogP contribution in [0.3, 0.4) is 0 Å². The Hall–Kier alpha value is -3.41. The first-order chi connectivity index (χ1) is 13.1. The van der Waals surface area contributed by atoms with Crippen molar-refractivity contribution in [3.63, 3.8) is 0 Å². The van der Waals surface area contributed by atoms with Crippen molar-refractivity contribution >= 4 is 17.6 Å². The maximum Gasteiger partial charge on any atom is 0.272 e. The highest BCUT2D eigenvalue weighted by Crippen LogP contribution is 2.23. The molecule has 0 saturated heterocycles. The monoisotopic (exact) mass is 369 g/mol. The van der Waals surface area contributed by atoms with E-state index in [1.807, 2.05) is 0 Å². The molecule has 9 heteroatoms. The summed E-state index contributed by atoms with van der Waals surface area (Å²) in [6.45, 7) is 1.56. The molecule has 0 spiro atoms. The van der Waals surface area contributed by atoms with Gasteiger partial charge in [0.1, 0.15) is 11.8 Å². The Kier molecular flexibility index (Phi) is 5.66. The summed E-state index contributed by atoms with van der Waals surface area (Å²) in [5.74, 6) is -0.548. The van der Waals surface area contributed by atoms with E-state index >= 15 is 0 Å². The van der Waals surface area contributed by atoms with Gasteiger partial charge in [-0.05, 0) is 32.6 Å². The molecule has 1 fully saturated rings. The molecule has 1 amide bonds. The zero-order valence-corrected chi connectivity index (χ0v) is 14.8. The quantitative estimate of drug-likeness (QED) is 0.467. The third kappa shape index (κ3) is 4.41. The Morgan fingerprint density at radius 1 is 1.30 bits per heavy atom. The summed E-state index contributed by atoms with van der Waals surface area (Å²) in [5.41, 5.74) is -0.328. The number of aliphatic hydroxyl groups excluding tert-OH is 1. The number of amides is 1. The van der Waals surface area contributed by atoms with E-state index in [0.29, 0.717) is 5.75 Å². The number of nitrogens with zero attached hydrogens (tertiary/aromatic N) is 4. The lowest BCUT2D eigenvalue weighted by Crippen LogP contribution is -2.20. The molecule has 9 nitrogen and oxygen atoms in total. The number of nitriles is 1. The third-order valence-corrected chi connectivity index (χ3v) is 4.29. The first-order valence-corrected chi connectivity index (χ1v) is 8.63. The fraction of sp³-hybridized carbons (Fsp3) is 0.389. The molecule has 0 unspecified atom stereocenters. The van der Waals surface area contributed by atoms with Crippen molar-refractivity contribution in [2.75, 3.05) is 5.32 Å². The number of aromatic nitrogens is 3. The number of carbonyl (C=O) groups excluding carboxylic acids is 1. The van der Waals surface area contributed by atoms with Gasteiger partial charge < -0.3 is 14.4 Å². The highest BCUT2D eigenvalue weighted by Gasteiger charge is 2.21. The van der Waals surface area contributed by atoms with Crippen molar-refractivity contribution in [3.05, 3.63) is 35.5 Å². The number of rotatable bonds is 5. The standard InChI is InChI=1S/C18H19N5O4/c1-11-15(10-22-27-11)16(24)14(7-19)17(25)23-18-20-8-13(9-21-18)26-12-5-3-2-4-6-12/h8-10,12,24H,2-6H2,1H3,(H,20,21,23,25)/b16-14-. The predicted molar refractivity (Wildman–Crippen MR) is 94.6 cm³/mol. The van der Waals surface area contributed by atoms with Gasteiger partial charge in [-0.25, -0.2) is 9.97 Å². The molecule has 140 valence electrons. The highest BCUT2D eigenvalue weighted by molar-refractivity contribution is 6.10. The average Bonchev–Trinajstić information content (AvgIpc) is 3.10. The molecule has 1 aliphatic carbocycles. The summed E-state index contributed by atoms with van der Waals surface area (Å²) in [5, 5.41) is 25.3. The van der Waals surface area contributed by atoms with Crippen LogP contribution in [-0.4, -0.2) is 32.2 Å². The molecule has 2 aromatic rings. The van der Waals surface area contributed by atoms with E-state index < -0.39 is 17.2 Å². The van der Waals surface area contributed by atoms with Crippen molar-refractivity contribution in [1.29, 1.82) is 5.26 Å².